The standard InChI is InChI=1S/C29H41N3O.2C2H6/c1-8-10-11-21(3)19-30-14-12-29(13-15-30)27-18-23(5)28-25(16-22(4)17-26(28)33-7)20-31(27)24(6)32(29)9-2;2*1-2/h8,10-11,16-18,23H,6,9,12-15,19-20H2,1-5,7H3;2*1-2H3/b10-8-,21-11+;;. The van der Waals surface area contributed by atoms with E-state index in [1.807, 2.05) is 27.7 Å². The average molecular weight is 508 g/mol. The van der Waals surface area contributed by atoms with E-state index in [-0.39, 0.29) is 5.54 Å². The molecule has 1 unspecified atom stereocenters. The number of nitrogens with zero attached hydrogens (tertiary/aromatic N) is 3. The van der Waals surface area contributed by atoms with Gasteiger partial charge in [-0.3, -0.25) is 4.90 Å². The van der Waals surface area contributed by atoms with Crippen molar-refractivity contribution < 1.29 is 4.74 Å². The molecule has 1 atom stereocenters. The van der Waals surface area contributed by atoms with Crippen molar-refractivity contribution in [1.29, 1.82) is 0 Å². The number of allylic oxidation sites excluding steroid dienone is 4. The molecule has 0 amide bonds. The maximum atomic E-state index is 5.83. The van der Waals surface area contributed by atoms with E-state index in [4.69, 9.17) is 4.74 Å². The zero-order valence-corrected chi connectivity index (χ0v) is 25.4. The van der Waals surface area contributed by atoms with E-state index in [1.165, 1.54) is 28.0 Å². The zero-order chi connectivity index (χ0) is 27.8. The van der Waals surface area contributed by atoms with E-state index in [0.717, 1.165) is 57.1 Å². The minimum Gasteiger partial charge on any atom is -0.496 e. The Kier molecular flexibility index (Phi) is 11.6. The third kappa shape index (κ3) is 6.17. The van der Waals surface area contributed by atoms with Crippen LogP contribution in [-0.4, -0.2) is 53.5 Å². The lowest BCUT2D eigenvalue weighted by Gasteiger charge is -2.45. The van der Waals surface area contributed by atoms with Gasteiger partial charge in [0.05, 0.1) is 12.6 Å². The molecule has 0 saturated carbocycles. The summed E-state index contributed by atoms with van der Waals surface area (Å²) in [6.07, 6.45) is 11.3. The van der Waals surface area contributed by atoms with Gasteiger partial charge < -0.3 is 14.5 Å². The van der Waals surface area contributed by atoms with Crippen LogP contribution < -0.4 is 4.74 Å². The van der Waals surface area contributed by atoms with Crippen LogP contribution in [0.5, 0.6) is 5.75 Å². The first-order chi connectivity index (χ1) is 17.8. The third-order valence-electron chi connectivity index (χ3n) is 7.74. The molecule has 3 aliphatic rings. The summed E-state index contributed by atoms with van der Waals surface area (Å²) in [6.45, 7) is 28.8. The van der Waals surface area contributed by atoms with Gasteiger partial charge in [-0.1, -0.05) is 77.1 Å². The first-order valence-corrected chi connectivity index (χ1v) is 14.5. The van der Waals surface area contributed by atoms with E-state index >= 15 is 0 Å². The Morgan fingerprint density at radius 2 is 1.81 bits per heavy atom. The Bertz CT molecular complexity index is 995. The summed E-state index contributed by atoms with van der Waals surface area (Å²) in [6, 6.07) is 4.51. The van der Waals surface area contributed by atoms with E-state index < -0.39 is 0 Å². The van der Waals surface area contributed by atoms with E-state index in [1.54, 1.807) is 7.11 Å². The molecule has 0 aliphatic carbocycles. The lowest BCUT2D eigenvalue weighted by molar-refractivity contribution is 0.0980. The average Bonchev–Trinajstić information content (AvgIpc) is 3.01. The van der Waals surface area contributed by atoms with E-state index in [0.29, 0.717) is 5.92 Å². The lowest BCUT2D eigenvalue weighted by atomic mass is 9.82. The number of piperidine rings is 1. The van der Waals surface area contributed by atoms with Crippen molar-refractivity contribution in [3.05, 3.63) is 76.8 Å². The van der Waals surface area contributed by atoms with Gasteiger partial charge in [-0.2, -0.15) is 0 Å². The monoisotopic (exact) mass is 507 g/mol. The van der Waals surface area contributed by atoms with Crippen LogP contribution in [0, 0.1) is 6.92 Å². The molecule has 1 aromatic rings. The van der Waals surface area contributed by atoms with Crippen molar-refractivity contribution in [1.82, 2.24) is 14.7 Å². The molecule has 4 rings (SSSR count). The highest BCUT2D eigenvalue weighted by Crippen LogP contribution is 2.51. The smallest absolute Gasteiger partial charge is 0.123 e. The summed E-state index contributed by atoms with van der Waals surface area (Å²) in [5.74, 6) is 2.48. The number of hydrogen-bond acceptors (Lipinski definition) is 4. The third-order valence-corrected chi connectivity index (χ3v) is 7.74. The molecule has 2 fully saturated rings. The van der Waals surface area contributed by atoms with Crippen LogP contribution in [0.25, 0.3) is 0 Å². The fraction of sp³-hybridized carbons (Fsp3) is 0.576. The molecule has 206 valence electrons. The quantitative estimate of drug-likeness (QED) is 0.376. The molecular formula is C33H53N3O. The number of methoxy groups -OCH3 is 1. The SMILES string of the molecule is C=C1N2Cc3cc(C)cc(OC)c3C(C)C=C2C2(CCN(C/C(C)=C/C=C\C)CC2)N1CC.CC.CC. The van der Waals surface area contributed by atoms with Crippen LogP contribution in [0.15, 0.2) is 60.1 Å². The summed E-state index contributed by atoms with van der Waals surface area (Å²) < 4.78 is 5.83. The number of likely N-dealkylation sites (N-methyl/N-ethyl adjacent to an activating group) is 1. The van der Waals surface area contributed by atoms with Crippen molar-refractivity contribution in [3.63, 3.8) is 0 Å². The molecule has 37 heavy (non-hydrogen) atoms. The van der Waals surface area contributed by atoms with Gasteiger partial charge in [-0.05, 0) is 57.7 Å². The summed E-state index contributed by atoms with van der Waals surface area (Å²) in [5, 5.41) is 0. The molecule has 2 saturated heterocycles. The number of rotatable bonds is 5. The molecule has 1 aromatic carbocycles. The Morgan fingerprint density at radius 3 is 2.38 bits per heavy atom. The Morgan fingerprint density at radius 1 is 1.16 bits per heavy atom. The van der Waals surface area contributed by atoms with Crippen LogP contribution >= 0.6 is 0 Å². The molecule has 4 heteroatoms. The number of benzene rings is 1. The molecule has 3 heterocycles. The van der Waals surface area contributed by atoms with Gasteiger partial charge in [0, 0.05) is 49.9 Å². The summed E-state index contributed by atoms with van der Waals surface area (Å²) in [5.41, 5.74) is 6.87. The second-order valence-electron chi connectivity index (χ2n) is 9.97. The topological polar surface area (TPSA) is 19.0 Å². The van der Waals surface area contributed by atoms with Crippen molar-refractivity contribution in [2.24, 2.45) is 0 Å². The molecule has 0 bridgehead atoms. The van der Waals surface area contributed by atoms with Crippen molar-refractivity contribution >= 4 is 0 Å². The molecule has 1 spiro atoms. The van der Waals surface area contributed by atoms with Gasteiger partial charge in [0.15, 0.2) is 0 Å². The second-order valence-corrected chi connectivity index (χ2v) is 9.97. The number of fused-ring (bicyclic) bond motifs is 3. The number of aryl methyl sites for hydroxylation is 1. The normalized spacial score (nSPS) is 20.9. The summed E-state index contributed by atoms with van der Waals surface area (Å²) in [4.78, 5) is 7.70. The minimum absolute atomic E-state index is 0.0435. The minimum atomic E-state index is 0.0435. The second kappa shape index (κ2) is 13.9. The van der Waals surface area contributed by atoms with Crippen LogP contribution in [0.3, 0.4) is 0 Å². The first-order valence-electron chi connectivity index (χ1n) is 14.5. The molecule has 4 nitrogen and oxygen atoms in total. The maximum absolute atomic E-state index is 5.83. The largest absolute Gasteiger partial charge is 0.496 e. The van der Waals surface area contributed by atoms with Gasteiger partial charge in [0.25, 0.3) is 0 Å². The van der Waals surface area contributed by atoms with Gasteiger partial charge >= 0.3 is 0 Å². The highest BCUT2D eigenvalue weighted by molar-refractivity contribution is 5.51. The predicted octanol–water partition coefficient (Wildman–Crippen LogP) is 8.02. The van der Waals surface area contributed by atoms with Gasteiger partial charge in [-0.25, -0.2) is 0 Å². The van der Waals surface area contributed by atoms with Gasteiger partial charge in [0.1, 0.15) is 11.6 Å². The van der Waals surface area contributed by atoms with Crippen LogP contribution in [0.1, 0.15) is 90.8 Å². The Hall–Kier alpha value is -2.46. The molecular weight excluding hydrogens is 454 g/mol. The number of hydrogen-bond donors (Lipinski definition) is 0. The Labute approximate surface area is 228 Å². The molecule has 0 N–H and O–H groups in total. The van der Waals surface area contributed by atoms with Crippen LogP contribution in [0.4, 0.5) is 0 Å². The highest BCUT2D eigenvalue weighted by atomic mass is 16.5. The van der Waals surface area contributed by atoms with E-state index in [9.17, 15) is 0 Å². The van der Waals surface area contributed by atoms with Crippen molar-refractivity contribution in [3.8, 4) is 5.75 Å². The molecule has 0 aromatic heterocycles. The van der Waals surface area contributed by atoms with Crippen LogP contribution in [-0.2, 0) is 6.54 Å². The fourth-order valence-corrected chi connectivity index (χ4v) is 6.25. The van der Waals surface area contributed by atoms with Gasteiger partial charge in [-0.15, -0.1) is 0 Å². The van der Waals surface area contributed by atoms with Gasteiger partial charge in [0.2, 0.25) is 0 Å². The predicted molar refractivity (Wildman–Crippen MR) is 161 cm³/mol. The Balaban J connectivity index is 0.00000115. The summed E-state index contributed by atoms with van der Waals surface area (Å²) in [7, 11) is 1.79. The first kappa shape index (κ1) is 30.8. The molecule has 3 aliphatic heterocycles. The van der Waals surface area contributed by atoms with Crippen molar-refractivity contribution in [2.75, 3.05) is 33.3 Å². The van der Waals surface area contributed by atoms with Crippen molar-refractivity contribution in [2.45, 2.75) is 93.2 Å². The summed E-state index contributed by atoms with van der Waals surface area (Å²) >= 11 is 0. The number of likely N-dealkylation sites (tertiary alicyclic amines) is 1. The fourth-order valence-electron chi connectivity index (χ4n) is 6.25. The molecule has 0 radical (unpaired) electrons. The highest BCUT2D eigenvalue weighted by Gasteiger charge is 2.52. The zero-order valence-electron chi connectivity index (χ0n) is 25.4. The van der Waals surface area contributed by atoms with Crippen LogP contribution in [0.2, 0.25) is 0 Å². The lowest BCUT2D eigenvalue weighted by Crippen LogP contribution is -2.52. The maximum Gasteiger partial charge on any atom is 0.123 e. The van der Waals surface area contributed by atoms with E-state index in [2.05, 4.69) is 92.3 Å². The number of ether oxygens (including phenoxy) is 1.